The highest BCUT2D eigenvalue weighted by Gasteiger charge is 2.30. The topological polar surface area (TPSA) is 46.2 Å². The fraction of sp³-hybridized carbons (Fsp3) is 1.00. The van der Waals surface area contributed by atoms with E-state index in [1.165, 1.54) is 25.5 Å². The summed E-state index contributed by atoms with van der Waals surface area (Å²) in [7, 11) is -2.79. The lowest BCUT2D eigenvalue weighted by Gasteiger charge is -2.39. The molecule has 1 N–H and O–H groups in total. The Kier molecular flexibility index (Phi) is 2.78. The Hall–Kier alpha value is -0.0900. The van der Waals surface area contributed by atoms with E-state index >= 15 is 0 Å². The van der Waals surface area contributed by atoms with Crippen LogP contribution in [-0.2, 0) is 9.84 Å². The quantitative estimate of drug-likeness (QED) is 0.706. The monoisotopic (exact) mass is 191 g/mol. The van der Waals surface area contributed by atoms with E-state index in [9.17, 15) is 8.42 Å². The third kappa shape index (κ3) is 3.11. The van der Waals surface area contributed by atoms with Gasteiger partial charge < -0.3 is 5.32 Å². The van der Waals surface area contributed by atoms with E-state index in [2.05, 4.69) is 12.2 Å². The predicted octanol–water partition coefficient (Wildman–Crippen LogP) is 0.563. The minimum absolute atomic E-state index is 0.227. The lowest BCUT2D eigenvalue weighted by atomic mass is 9.79. The molecule has 0 bridgehead atoms. The molecule has 1 fully saturated rings. The third-order valence-electron chi connectivity index (χ3n) is 2.48. The first-order valence-corrected chi connectivity index (χ1v) is 6.40. The number of nitrogens with one attached hydrogen (secondary N) is 1. The van der Waals surface area contributed by atoms with Gasteiger partial charge >= 0.3 is 0 Å². The maximum absolute atomic E-state index is 10.8. The van der Waals surface area contributed by atoms with Gasteiger partial charge in [-0.05, 0) is 26.2 Å². The molecular formula is C8H17NO2S. The standard InChI is InChI=1S/C8H17NO2S/c1-8(4-3-5-8)9-6-7-12(2,10)11/h9H,3-7H2,1-2H3. The van der Waals surface area contributed by atoms with Gasteiger partial charge in [0, 0.05) is 18.3 Å². The van der Waals surface area contributed by atoms with E-state index in [-0.39, 0.29) is 11.3 Å². The fourth-order valence-corrected chi connectivity index (χ4v) is 1.89. The fourth-order valence-electron chi connectivity index (χ4n) is 1.42. The van der Waals surface area contributed by atoms with Gasteiger partial charge in [0.15, 0.2) is 0 Å². The molecule has 4 heteroatoms. The summed E-state index contributed by atoms with van der Waals surface area (Å²) in [5, 5.41) is 3.27. The second kappa shape index (κ2) is 3.34. The smallest absolute Gasteiger partial charge is 0.148 e. The van der Waals surface area contributed by atoms with Crippen LogP contribution in [0.5, 0.6) is 0 Å². The van der Waals surface area contributed by atoms with Crippen LogP contribution in [0, 0.1) is 0 Å². The Morgan fingerprint density at radius 1 is 1.42 bits per heavy atom. The average Bonchev–Trinajstić information content (AvgIpc) is 1.81. The molecule has 0 radical (unpaired) electrons. The van der Waals surface area contributed by atoms with Crippen molar-refractivity contribution < 1.29 is 8.42 Å². The largest absolute Gasteiger partial charge is 0.311 e. The van der Waals surface area contributed by atoms with Gasteiger partial charge in [0.1, 0.15) is 9.84 Å². The Morgan fingerprint density at radius 3 is 2.33 bits per heavy atom. The summed E-state index contributed by atoms with van der Waals surface area (Å²) in [6.45, 7) is 2.74. The molecule has 0 aromatic carbocycles. The van der Waals surface area contributed by atoms with Gasteiger partial charge in [-0.3, -0.25) is 0 Å². The summed E-state index contributed by atoms with van der Waals surface area (Å²) in [5.41, 5.74) is 0.227. The van der Waals surface area contributed by atoms with Gasteiger partial charge in [0.25, 0.3) is 0 Å². The normalized spacial score (nSPS) is 21.8. The van der Waals surface area contributed by atoms with Gasteiger partial charge in [0.05, 0.1) is 5.75 Å². The molecule has 0 amide bonds. The van der Waals surface area contributed by atoms with Crippen molar-refractivity contribution in [1.29, 1.82) is 0 Å². The predicted molar refractivity (Wildman–Crippen MR) is 50.0 cm³/mol. The lowest BCUT2D eigenvalue weighted by molar-refractivity contribution is 0.214. The Labute approximate surface area is 74.5 Å². The van der Waals surface area contributed by atoms with Gasteiger partial charge in [-0.1, -0.05) is 0 Å². The maximum Gasteiger partial charge on any atom is 0.148 e. The lowest BCUT2D eigenvalue weighted by Crippen LogP contribution is -2.49. The van der Waals surface area contributed by atoms with Crippen molar-refractivity contribution in [2.45, 2.75) is 31.7 Å². The zero-order valence-corrected chi connectivity index (χ0v) is 8.58. The van der Waals surface area contributed by atoms with Crippen molar-refractivity contribution >= 4 is 9.84 Å². The molecule has 3 nitrogen and oxygen atoms in total. The highest BCUT2D eigenvalue weighted by atomic mass is 32.2. The Balaban J connectivity index is 2.18. The molecular weight excluding hydrogens is 174 g/mol. The summed E-state index contributed by atoms with van der Waals surface area (Å²) in [6, 6.07) is 0. The molecule has 0 aliphatic heterocycles. The zero-order chi connectivity index (χ0) is 9.24. The van der Waals surface area contributed by atoms with E-state index in [0.717, 1.165) is 0 Å². The van der Waals surface area contributed by atoms with E-state index in [0.29, 0.717) is 6.54 Å². The summed E-state index contributed by atoms with van der Waals surface area (Å²) in [4.78, 5) is 0. The summed E-state index contributed by atoms with van der Waals surface area (Å²) in [5.74, 6) is 0.253. The van der Waals surface area contributed by atoms with Crippen molar-refractivity contribution in [3.05, 3.63) is 0 Å². The average molecular weight is 191 g/mol. The summed E-state index contributed by atoms with van der Waals surface area (Å²) in [6.07, 6.45) is 4.90. The molecule has 0 saturated heterocycles. The molecule has 1 rings (SSSR count). The molecule has 12 heavy (non-hydrogen) atoms. The molecule has 0 spiro atoms. The van der Waals surface area contributed by atoms with Crippen LogP contribution in [0.1, 0.15) is 26.2 Å². The molecule has 0 aromatic rings. The van der Waals surface area contributed by atoms with Gasteiger partial charge in [-0.2, -0.15) is 0 Å². The van der Waals surface area contributed by atoms with Crippen molar-refractivity contribution in [3.63, 3.8) is 0 Å². The number of hydrogen-bond acceptors (Lipinski definition) is 3. The third-order valence-corrected chi connectivity index (χ3v) is 3.43. The highest BCUT2D eigenvalue weighted by molar-refractivity contribution is 7.90. The second-order valence-corrected chi connectivity index (χ2v) is 6.23. The summed E-state index contributed by atoms with van der Waals surface area (Å²) >= 11 is 0. The number of hydrogen-bond donors (Lipinski definition) is 1. The molecule has 1 aliphatic rings. The molecule has 0 aromatic heterocycles. The molecule has 72 valence electrons. The SMILES string of the molecule is CC1(NCCS(C)(=O)=O)CCC1. The first kappa shape index (κ1) is 9.99. The molecule has 0 atom stereocenters. The molecule has 1 saturated carbocycles. The van der Waals surface area contributed by atoms with Crippen molar-refractivity contribution in [2.75, 3.05) is 18.6 Å². The minimum Gasteiger partial charge on any atom is -0.311 e. The van der Waals surface area contributed by atoms with E-state index in [1.807, 2.05) is 0 Å². The number of rotatable bonds is 4. The van der Waals surface area contributed by atoms with E-state index < -0.39 is 9.84 Å². The molecule has 0 unspecified atom stereocenters. The van der Waals surface area contributed by atoms with Crippen molar-refractivity contribution in [1.82, 2.24) is 5.32 Å². The van der Waals surface area contributed by atoms with Gasteiger partial charge in [0.2, 0.25) is 0 Å². The molecule has 0 heterocycles. The minimum atomic E-state index is -2.79. The first-order chi connectivity index (χ1) is 5.41. The highest BCUT2D eigenvalue weighted by Crippen LogP contribution is 2.30. The Bertz CT molecular complexity index is 242. The van der Waals surface area contributed by atoms with Crippen molar-refractivity contribution in [2.24, 2.45) is 0 Å². The van der Waals surface area contributed by atoms with Gasteiger partial charge in [-0.15, -0.1) is 0 Å². The van der Waals surface area contributed by atoms with Crippen LogP contribution in [0.2, 0.25) is 0 Å². The van der Waals surface area contributed by atoms with Crippen molar-refractivity contribution in [3.8, 4) is 0 Å². The molecule has 1 aliphatic carbocycles. The van der Waals surface area contributed by atoms with Crippen LogP contribution < -0.4 is 5.32 Å². The maximum atomic E-state index is 10.8. The van der Waals surface area contributed by atoms with Gasteiger partial charge in [-0.25, -0.2) is 8.42 Å². The van der Waals surface area contributed by atoms with Crippen LogP contribution in [0.4, 0.5) is 0 Å². The Morgan fingerprint density at radius 2 is 2.00 bits per heavy atom. The van der Waals surface area contributed by atoms with Crippen LogP contribution >= 0.6 is 0 Å². The number of sulfone groups is 1. The zero-order valence-electron chi connectivity index (χ0n) is 7.76. The summed E-state index contributed by atoms with van der Waals surface area (Å²) < 4.78 is 21.6. The van der Waals surface area contributed by atoms with Crippen LogP contribution in [0.15, 0.2) is 0 Å². The van der Waals surface area contributed by atoms with Crippen LogP contribution in [-0.4, -0.2) is 32.5 Å². The van der Waals surface area contributed by atoms with Crippen LogP contribution in [0.25, 0.3) is 0 Å². The van der Waals surface area contributed by atoms with Crippen LogP contribution in [0.3, 0.4) is 0 Å². The van der Waals surface area contributed by atoms with E-state index in [1.54, 1.807) is 0 Å². The van der Waals surface area contributed by atoms with E-state index in [4.69, 9.17) is 0 Å². The second-order valence-electron chi connectivity index (χ2n) is 3.97. The first-order valence-electron chi connectivity index (χ1n) is 4.34.